The fraction of sp³-hybridized carbons (Fsp3) is 0.667. The molecule has 0 aromatic carbocycles. The Hall–Kier alpha value is -1.96. The second-order valence-corrected chi connectivity index (χ2v) is 5.08. The third kappa shape index (κ3) is 2.51. The Morgan fingerprint density at radius 1 is 1.60 bits per heavy atom. The summed E-state index contributed by atoms with van der Waals surface area (Å²) in [4.78, 5) is 27.9. The molecule has 2 N–H and O–H groups in total. The van der Waals surface area contributed by atoms with Gasteiger partial charge in [0.2, 0.25) is 17.8 Å². The lowest BCUT2D eigenvalue weighted by molar-refractivity contribution is -0.129. The van der Waals surface area contributed by atoms with Crippen molar-refractivity contribution in [2.24, 2.45) is 0 Å². The van der Waals surface area contributed by atoms with Gasteiger partial charge in [0.05, 0.1) is 12.5 Å². The monoisotopic (exact) mass is 279 g/mol. The largest absolute Gasteiger partial charge is 0.376 e. The average Bonchev–Trinajstić information content (AvgIpc) is 3.03. The van der Waals surface area contributed by atoms with Crippen molar-refractivity contribution in [2.45, 2.75) is 38.3 Å². The van der Waals surface area contributed by atoms with E-state index in [0.717, 1.165) is 19.4 Å². The van der Waals surface area contributed by atoms with Crippen LogP contribution in [-0.2, 0) is 14.3 Å². The van der Waals surface area contributed by atoms with Crippen LogP contribution in [0.5, 0.6) is 0 Å². The summed E-state index contributed by atoms with van der Waals surface area (Å²) in [7, 11) is 0. The van der Waals surface area contributed by atoms with Crippen molar-refractivity contribution in [3.63, 3.8) is 0 Å². The summed E-state index contributed by atoms with van der Waals surface area (Å²) in [5.41, 5.74) is 0. The van der Waals surface area contributed by atoms with Crippen LogP contribution in [0.15, 0.2) is 0 Å². The molecule has 0 saturated carbocycles. The van der Waals surface area contributed by atoms with E-state index >= 15 is 0 Å². The minimum atomic E-state index is -0.638. The van der Waals surface area contributed by atoms with Crippen molar-refractivity contribution in [3.8, 4) is 0 Å². The maximum atomic E-state index is 12.2. The van der Waals surface area contributed by atoms with Crippen molar-refractivity contribution in [2.75, 3.05) is 18.5 Å². The van der Waals surface area contributed by atoms with E-state index in [2.05, 4.69) is 20.7 Å². The predicted octanol–water partition coefficient (Wildman–Crippen LogP) is -0.235. The molecule has 1 fully saturated rings. The second-order valence-electron chi connectivity index (χ2n) is 5.08. The summed E-state index contributed by atoms with van der Waals surface area (Å²) in [6, 6.07) is -0.638. The van der Waals surface area contributed by atoms with Crippen molar-refractivity contribution < 1.29 is 14.3 Å². The Bertz CT molecular complexity index is 535. The Kier molecular flexibility index (Phi) is 3.39. The number of nitrogens with one attached hydrogen (secondary N) is 2. The molecule has 108 valence electrons. The number of rotatable bonds is 3. The summed E-state index contributed by atoms with van der Waals surface area (Å²) in [6.07, 6.45) is 2.14. The molecule has 20 heavy (non-hydrogen) atoms. The number of anilines is 1. The number of nitrogens with zero attached hydrogens (tertiary/aromatic N) is 3. The van der Waals surface area contributed by atoms with Crippen molar-refractivity contribution >= 4 is 17.8 Å². The highest BCUT2D eigenvalue weighted by atomic mass is 16.5. The molecule has 1 saturated heterocycles. The molecule has 8 heteroatoms. The lowest BCUT2D eigenvalue weighted by atomic mass is 10.1. The van der Waals surface area contributed by atoms with Gasteiger partial charge in [-0.3, -0.25) is 14.9 Å². The van der Waals surface area contributed by atoms with Gasteiger partial charge in [-0.1, -0.05) is 0 Å². The van der Waals surface area contributed by atoms with Crippen molar-refractivity contribution in [1.82, 2.24) is 20.1 Å². The number of carbonyl (C=O) groups excluding carboxylic acids is 2. The van der Waals surface area contributed by atoms with Crippen LogP contribution in [-0.4, -0.2) is 45.8 Å². The van der Waals surface area contributed by atoms with Crippen LogP contribution in [0.3, 0.4) is 0 Å². The zero-order chi connectivity index (χ0) is 14.1. The lowest BCUT2D eigenvalue weighted by Gasteiger charge is -2.23. The number of hydrogen-bond acceptors (Lipinski definition) is 5. The fourth-order valence-corrected chi connectivity index (χ4v) is 2.51. The molecular weight excluding hydrogens is 262 g/mol. The minimum Gasteiger partial charge on any atom is -0.376 e. The highest BCUT2D eigenvalue weighted by Gasteiger charge is 2.32. The van der Waals surface area contributed by atoms with Crippen LogP contribution in [0.25, 0.3) is 0 Å². The first-order chi connectivity index (χ1) is 9.63. The van der Waals surface area contributed by atoms with Gasteiger partial charge >= 0.3 is 0 Å². The molecule has 0 aliphatic carbocycles. The number of amides is 2. The van der Waals surface area contributed by atoms with Crippen LogP contribution in [0.4, 0.5) is 5.95 Å². The number of carbonyl (C=O) groups is 2. The van der Waals surface area contributed by atoms with Gasteiger partial charge in [0.25, 0.3) is 0 Å². The SMILES string of the molecule is Cc1nc2n(n1)[C@@H](C(=O)NC[C@@H]1CCCO1)CC(=O)N2. The molecule has 8 nitrogen and oxygen atoms in total. The fourth-order valence-electron chi connectivity index (χ4n) is 2.51. The lowest BCUT2D eigenvalue weighted by Crippen LogP contribution is -2.41. The molecule has 1 aromatic rings. The number of aromatic nitrogens is 3. The molecule has 3 heterocycles. The Morgan fingerprint density at radius 3 is 3.20 bits per heavy atom. The smallest absolute Gasteiger partial charge is 0.245 e. The quantitative estimate of drug-likeness (QED) is 0.796. The molecule has 3 rings (SSSR count). The highest BCUT2D eigenvalue weighted by Crippen LogP contribution is 2.22. The van der Waals surface area contributed by atoms with Gasteiger partial charge in [0, 0.05) is 13.2 Å². The van der Waals surface area contributed by atoms with E-state index in [1.165, 1.54) is 4.68 Å². The zero-order valence-corrected chi connectivity index (χ0v) is 11.3. The molecule has 1 aromatic heterocycles. The Labute approximate surface area is 115 Å². The number of fused-ring (bicyclic) bond motifs is 1. The van der Waals surface area contributed by atoms with E-state index in [-0.39, 0.29) is 24.3 Å². The summed E-state index contributed by atoms with van der Waals surface area (Å²) >= 11 is 0. The number of aryl methyl sites for hydroxylation is 1. The van der Waals surface area contributed by atoms with E-state index in [1.807, 2.05) is 0 Å². The maximum Gasteiger partial charge on any atom is 0.245 e. The molecular formula is C12H17N5O3. The third-order valence-electron chi connectivity index (χ3n) is 3.49. The molecule has 0 spiro atoms. The van der Waals surface area contributed by atoms with E-state index in [9.17, 15) is 9.59 Å². The van der Waals surface area contributed by atoms with Crippen LogP contribution < -0.4 is 10.6 Å². The molecule has 0 radical (unpaired) electrons. The van der Waals surface area contributed by atoms with Gasteiger partial charge in [-0.15, -0.1) is 0 Å². The van der Waals surface area contributed by atoms with Crippen LogP contribution in [0.1, 0.15) is 31.1 Å². The van der Waals surface area contributed by atoms with Crippen molar-refractivity contribution in [1.29, 1.82) is 0 Å². The van der Waals surface area contributed by atoms with E-state index < -0.39 is 6.04 Å². The second kappa shape index (κ2) is 5.20. The van der Waals surface area contributed by atoms with Gasteiger partial charge < -0.3 is 10.1 Å². The van der Waals surface area contributed by atoms with Crippen LogP contribution >= 0.6 is 0 Å². The summed E-state index contributed by atoms with van der Waals surface area (Å²) in [5, 5.41) is 9.61. The molecule has 2 amide bonds. The van der Waals surface area contributed by atoms with Crippen LogP contribution in [0.2, 0.25) is 0 Å². The van der Waals surface area contributed by atoms with E-state index in [1.54, 1.807) is 6.92 Å². The molecule has 2 aliphatic rings. The van der Waals surface area contributed by atoms with E-state index in [0.29, 0.717) is 18.3 Å². The highest BCUT2D eigenvalue weighted by molar-refractivity contribution is 5.96. The first-order valence-electron chi connectivity index (χ1n) is 6.76. The van der Waals surface area contributed by atoms with Crippen LogP contribution in [0, 0.1) is 6.92 Å². The van der Waals surface area contributed by atoms with Gasteiger partial charge in [0.1, 0.15) is 11.9 Å². The molecule has 2 aliphatic heterocycles. The first-order valence-corrected chi connectivity index (χ1v) is 6.76. The predicted molar refractivity (Wildman–Crippen MR) is 69.0 cm³/mol. The normalized spacial score (nSPS) is 25.1. The summed E-state index contributed by atoms with van der Waals surface area (Å²) < 4.78 is 6.93. The standard InChI is InChI=1S/C12H17N5O3/c1-7-14-12-15-10(18)5-9(17(12)16-7)11(19)13-6-8-3-2-4-20-8/h8-9H,2-6H2,1H3,(H,13,19)(H,14,15,16,18)/t8-,9+/m0/s1. The first kappa shape index (κ1) is 13.0. The number of ether oxygens (including phenoxy) is 1. The van der Waals surface area contributed by atoms with Crippen molar-refractivity contribution in [3.05, 3.63) is 5.82 Å². The maximum absolute atomic E-state index is 12.2. The molecule has 0 bridgehead atoms. The van der Waals surface area contributed by atoms with Gasteiger partial charge in [0.15, 0.2) is 0 Å². The van der Waals surface area contributed by atoms with E-state index in [4.69, 9.17) is 4.74 Å². The Morgan fingerprint density at radius 2 is 2.45 bits per heavy atom. The summed E-state index contributed by atoms with van der Waals surface area (Å²) in [5.74, 6) is 0.416. The number of hydrogen-bond donors (Lipinski definition) is 2. The third-order valence-corrected chi connectivity index (χ3v) is 3.49. The topological polar surface area (TPSA) is 98.1 Å². The van der Waals surface area contributed by atoms with Gasteiger partial charge in [-0.2, -0.15) is 10.1 Å². The average molecular weight is 279 g/mol. The summed E-state index contributed by atoms with van der Waals surface area (Å²) in [6.45, 7) is 2.94. The Balaban J connectivity index is 1.69. The minimum absolute atomic E-state index is 0.0765. The molecule has 2 atom stereocenters. The van der Waals surface area contributed by atoms with Gasteiger partial charge in [-0.25, -0.2) is 4.68 Å². The zero-order valence-electron chi connectivity index (χ0n) is 11.3. The van der Waals surface area contributed by atoms with Gasteiger partial charge in [-0.05, 0) is 19.8 Å². The molecule has 0 unspecified atom stereocenters.